The number of aromatic nitrogens is 6. The molecule has 2 aromatic heterocycles. The van der Waals surface area contributed by atoms with E-state index in [0.717, 1.165) is 10.6 Å². The van der Waals surface area contributed by atoms with E-state index in [-0.39, 0.29) is 0 Å². The highest BCUT2D eigenvalue weighted by Crippen LogP contribution is 2.32. The molecule has 0 bridgehead atoms. The number of aryl methyl sites for hydroxylation is 1. The summed E-state index contributed by atoms with van der Waals surface area (Å²) in [5, 5.41) is 25.2. The second-order valence-corrected chi connectivity index (χ2v) is 5.11. The van der Waals surface area contributed by atoms with E-state index in [1.165, 1.54) is 16.2 Å². The summed E-state index contributed by atoms with van der Waals surface area (Å²) >= 11 is 1.18. The number of hydrogen-bond donors (Lipinski definition) is 1. The van der Waals surface area contributed by atoms with Crippen LogP contribution in [0.2, 0.25) is 0 Å². The van der Waals surface area contributed by atoms with Crippen molar-refractivity contribution >= 4 is 17.5 Å². The van der Waals surface area contributed by atoms with E-state index in [9.17, 15) is 9.90 Å². The number of nitrogens with zero attached hydrogens (tertiary/aromatic N) is 6. The van der Waals surface area contributed by atoms with Gasteiger partial charge < -0.3 is 5.11 Å². The fourth-order valence-electron chi connectivity index (χ4n) is 2.17. The molecule has 0 saturated carbocycles. The van der Waals surface area contributed by atoms with Gasteiger partial charge >= 0.3 is 5.97 Å². The van der Waals surface area contributed by atoms with Crippen LogP contribution in [0.15, 0.2) is 0 Å². The summed E-state index contributed by atoms with van der Waals surface area (Å²) in [7, 11) is 0. The largest absolute Gasteiger partial charge is 0.479 e. The Hall–Kier alpha value is -1.90. The van der Waals surface area contributed by atoms with Crippen LogP contribution in [0, 0.1) is 0 Å². The molecule has 0 aliphatic carbocycles. The average Bonchev–Trinajstić information content (AvgIpc) is 3.08. The lowest BCUT2D eigenvalue weighted by Crippen LogP contribution is -2.42. The van der Waals surface area contributed by atoms with Crippen molar-refractivity contribution in [1.29, 1.82) is 0 Å². The molecule has 2 heterocycles. The molecule has 2 rings (SSSR count). The predicted octanol–water partition coefficient (Wildman–Crippen LogP) is 1.35. The maximum Gasteiger partial charge on any atom is 0.331 e. The van der Waals surface area contributed by atoms with E-state index in [2.05, 4.69) is 25.1 Å². The van der Waals surface area contributed by atoms with E-state index >= 15 is 0 Å². The fourth-order valence-corrected chi connectivity index (χ4v) is 2.89. The number of carbonyl (C=O) groups is 1. The van der Waals surface area contributed by atoms with Crippen LogP contribution in [0.3, 0.4) is 0 Å². The first-order valence-electron chi connectivity index (χ1n) is 6.44. The van der Waals surface area contributed by atoms with E-state index < -0.39 is 11.5 Å². The Morgan fingerprint density at radius 1 is 1.30 bits per heavy atom. The van der Waals surface area contributed by atoms with Crippen LogP contribution in [0.4, 0.5) is 0 Å². The van der Waals surface area contributed by atoms with E-state index in [0.29, 0.717) is 25.1 Å². The van der Waals surface area contributed by atoms with Crippen molar-refractivity contribution in [2.75, 3.05) is 0 Å². The number of hydrogen-bond acceptors (Lipinski definition) is 7. The maximum absolute atomic E-state index is 11.7. The van der Waals surface area contributed by atoms with Gasteiger partial charge in [-0.05, 0) is 41.2 Å². The Bertz CT molecular complexity index is 604. The van der Waals surface area contributed by atoms with E-state index in [1.54, 1.807) is 0 Å². The van der Waals surface area contributed by atoms with Gasteiger partial charge in [0.15, 0.2) is 11.4 Å². The molecular weight excluding hydrogens is 280 g/mol. The zero-order valence-electron chi connectivity index (χ0n) is 11.6. The monoisotopic (exact) mass is 296 g/mol. The fraction of sp³-hybridized carbons (Fsp3) is 0.636. The minimum atomic E-state index is -1.15. The van der Waals surface area contributed by atoms with Crippen molar-refractivity contribution in [1.82, 2.24) is 29.8 Å². The van der Waals surface area contributed by atoms with Crippen LogP contribution in [-0.2, 0) is 16.8 Å². The second-order valence-electron chi connectivity index (χ2n) is 4.36. The molecule has 9 heteroatoms. The highest BCUT2D eigenvalue weighted by Gasteiger charge is 2.41. The molecule has 0 radical (unpaired) electrons. The molecule has 8 nitrogen and oxygen atoms in total. The number of rotatable bonds is 6. The van der Waals surface area contributed by atoms with Gasteiger partial charge in [0, 0.05) is 0 Å². The first-order valence-corrected chi connectivity index (χ1v) is 7.21. The van der Waals surface area contributed by atoms with Gasteiger partial charge in [-0.15, -0.1) is 10.2 Å². The molecule has 20 heavy (non-hydrogen) atoms. The van der Waals surface area contributed by atoms with Gasteiger partial charge in [-0.3, -0.25) is 0 Å². The molecule has 1 N–H and O–H groups in total. The van der Waals surface area contributed by atoms with Crippen LogP contribution < -0.4 is 0 Å². The highest BCUT2D eigenvalue weighted by molar-refractivity contribution is 7.09. The molecule has 0 aromatic carbocycles. The third kappa shape index (κ3) is 2.07. The zero-order valence-corrected chi connectivity index (χ0v) is 12.4. The van der Waals surface area contributed by atoms with E-state index in [4.69, 9.17) is 0 Å². The molecule has 2 aromatic rings. The van der Waals surface area contributed by atoms with Crippen molar-refractivity contribution in [3.8, 4) is 10.7 Å². The standard InChI is InChI=1S/C11H16N6O2S/c1-4-7-8(20-16-12-7)9-13-14-15-17(9)11(5-2,6-3)10(18)19/h4-6H2,1-3H3,(H,18,19). The Labute approximate surface area is 120 Å². The van der Waals surface area contributed by atoms with Crippen LogP contribution >= 0.6 is 11.5 Å². The van der Waals surface area contributed by atoms with Gasteiger partial charge in [-0.1, -0.05) is 25.3 Å². The lowest BCUT2D eigenvalue weighted by atomic mass is 9.93. The molecule has 0 amide bonds. The van der Waals surface area contributed by atoms with Crippen LogP contribution in [0.5, 0.6) is 0 Å². The molecule has 0 spiro atoms. The lowest BCUT2D eigenvalue weighted by Gasteiger charge is -2.27. The normalized spacial score (nSPS) is 11.8. The van der Waals surface area contributed by atoms with Gasteiger partial charge in [0.05, 0.1) is 5.69 Å². The topological polar surface area (TPSA) is 107 Å². The number of carboxylic acids is 1. The molecule has 0 saturated heterocycles. The Morgan fingerprint density at radius 2 is 2.00 bits per heavy atom. The molecular formula is C11H16N6O2S. The van der Waals surface area contributed by atoms with Gasteiger partial charge in [-0.2, -0.15) is 0 Å². The second kappa shape index (κ2) is 5.61. The Balaban J connectivity index is 2.61. The van der Waals surface area contributed by atoms with Gasteiger partial charge in [0.1, 0.15) is 4.88 Å². The molecule has 0 aliphatic rings. The Kier molecular flexibility index (Phi) is 4.07. The highest BCUT2D eigenvalue weighted by atomic mass is 32.1. The van der Waals surface area contributed by atoms with Crippen molar-refractivity contribution in [3.05, 3.63) is 5.69 Å². The summed E-state index contributed by atoms with van der Waals surface area (Å²) in [6.07, 6.45) is 1.48. The summed E-state index contributed by atoms with van der Waals surface area (Å²) < 4.78 is 5.30. The first kappa shape index (κ1) is 14.5. The van der Waals surface area contributed by atoms with Gasteiger partial charge in [0.2, 0.25) is 0 Å². The van der Waals surface area contributed by atoms with Gasteiger partial charge in [-0.25, -0.2) is 9.48 Å². The summed E-state index contributed by atoms with van der Waals surface area (Å²) in [6, 6.07) is 0. The molecule has 0 atom stereocenters. The quantitative estimate of drug-likeness (QED) is 0.857. The molecule has 0 unspecified atom stereocenters. The number of aliphatic carboxylic acids is 1. The lowest BCUT2D eigenvalue weighted by molar-refractivity contribution is -0.148. The Morgan fingerprint density at radius 3 is 2.55 bits per heavy atom. The average molecular weight is 296 g/mol. The zero-order chi connectivity index (χ0) is 14.8. The van der Waals surface area contributed by atoms with Crippen LogP contribution in [0.25, 0.3) is 10.7 Å². The van der Waals surface area contributed by atoms with Crippen LogP contribution in [0.1, 0.15) is 39.3 Å². The summed E-state index contributed by atoms with van der Waals surface area (Å²) in [5.74, 6) is -0.519. The molecule has 0 aliphatic heterocycles. The molecule has 108 valence electrons. The third-order valence-corrected chi connectivity index (χ3v) is 4.30. The summed E-state index contributed by atoms with van der Waals surface area (Å²) in [5.41, 5.74) is -0.370. The SMILES string of the molecule is CCc1nnsc1-c1nnnn1C(CC)(CC)C(=O)O. The third-order valence-electron chi connectivity index (χ3n) is 3.54. The maximum atomic E-state index is 11.7. The van der Waals surface area contributed by atoms with Crippen molar-refractivity contribution in [2.45, 2.75) is 45.6 Å². The minimum absolute atomic E-state index is 0.393. The summed E-state index contributed by atoms with van der Waals surface area (Å²) in [4.78, 5) is 12.4. The first-order chi connectivity index (χ1) is 9.60. The van der Waals surface area contributed by atoms with Crippen molar-refractivity contribution in [3.63, 3.8) is 0 Å². The smallest absolute Gasteiger partial charge is 0.331 e. The predicted molar refractivity (Wildman–Crippen MR) is 72.3 cm³/mol. The van der Waals surface area contributed by atoms with Gasteiger partial charge in [0.25, 0.3) is 0 Å². The number of tetrazole rings is 1. The molecule has 0 fully saturated rings. The minimum Gasteiger partial charge on any atom is -0.479 e. The van der Waals surface area contributed by atoms with Crippen molar-refractivity contribution in [2.24, 2.45) is 0 Å². The van der Waals surface area contributed by atoms with Crippen molar-refractivity contribution < 1.29 is 9.90 Å². The number of carboxylic acid groups (broad SMARTS) is 1. The van der Waals surface area contributed by atoms with Crippen LogP contribution in [-0.4, -0.2) is 40.9 Å². The van der Waals surface area contributed by atoms with E-state index in [1.807, 2.05) is 20.8 Å². The summed E-state index contributed by atoms with van der Waals surface area (Å²) in [6.45, 7) is 5.59.